The minimum absolute atomic E-state index is 0.210. The summed E-state index contributed by atoms with van der Waals surface area (Å²) in [4.78, 5) is 23.6. The quantitative estimate of drug-likeness (QED) is 0.224. The molecule has 0 heterocycles. The number of ether oxygens (including phenoxy) is 2. The molecule has 0 unspecified atom stereocenters. The Morgan fingerprint density at radius 3 is 1.31 bits per heavy atom. The summed E-state index contributed by atoms with van der Waals surface area (Å²) in [5, 5.41) is 0. The predicted octanol–water partition coefficient (Wildman–Crippen LogP) is 6.22. The summed E-state index contributed by atoms with van der Waals surface area (Å²) in [5.74, 6) is 0.558. The highest BCUT2D eigenvalue weighted by molar-refractivity contribution is 5.73. The highest BCUT2D eigenvalue weighted by atomic mass is 16.5. The van der Waals surface area contributed by atoms with Crippen molar-refractivity contribution in [3.8, 4) is 11.5 Å². The topological polar surface area (TPSA) is 52.6 Å². The fourth-order valence-electron chi connectivity index (χ4n) is 2.69. The third kappa shape index (κ3) is 10.9. The van der Waals surface area contributed by atoms with E-state index in [1.165, 1.54) is 38.5 Å². The standard InChI is InChI=1S/C22H34O4/c1-3-5-7-9-11-13-21(23)25-19-15-17-20(18-16-19)26-22(24)14-12-10-8-6-4-2/h15-18H,3-14H2,1-2H3. The average molecular weight is 363 g/mol. The van der Waals surface area contributed by atoms with Gasteiger partial charge in [0.1, 0.15) is 11.5 Å². The highest BCUT2D eigenvalue weighted by Gasteiger charge is 2.07. The van der Waals surface area contributed by atoms with Crippen LogP contribution in [0.4, 0.5) is 0 Å². The van der Waals surface area contributed by atoms with Crippen molar-refractivity contribution < 1.29 is 19.1 Å². The van der Waals surface area contributed by atoms with Crippen LogP contribution >= 0.6 is 0 Å². The van der Waals surface area contributed by atoms with E-state index in [0.29, 0.717) is 24.3 Å². The van der Waals surface area contributed by atoms with Crippen molar-refractivity contribution in [3.63, 3.8) is 0 Å². The number of carbonyl (C=O) groups is 2. The first-order valence-corrected chi connectivity index (χ1v) is 10.2. The lowest BCUT2D eigenvalue weighted by molar-refractivity contribution is -0.135. The van der Waals surface area contributed by atoms with Gasteiger partial charge in [-0.05, 0) is 37.1 Å². The van der Waals surface area contributed by atoms with Gasteiger partial charge in [-0.1, -0.05) is 65.2 Å². The van der Waals surface area contributed by atoms with Crippen molar-refractivity contribution in [2.24, 2.45) is 0 Å². The molecule has 0 aliphatic carbocycles. The lowest BCUT2D eigenvalue weighted by atomic mass is 10.1. The van der Waals surface area contributed by atoms with Crippen LogP contribution < -0.4 is 9.47 Å². The maximum absolute atomic E-state index is 11.8. The van der Waals surface area contributed by atoms with Gasteiger partial charge in [0.2, 0.25) is 0 Å². The zero-order chi connectivity index (χ0) is 19.0. The smallest absolute Gasteiger partial charge is 0.311 e. The summed E-state index contributed by atoms with van der Waals surface area (Å²) >= 11 is 0. The second kappa shape index (κ2) is 14.3. The number of hydrogen-bond acceptors (Lipinski definition) is 4. The molecule has 4 nitrogen and oxygen atoms in total. The van der Waals surface area contributed by atoms with E-state index >= 15 is 0 Å². The Balaban J connectivity index is 2.23. The molecule has 146 valence electrons. The Labute approximate surface area is 158 Å². The van der Waals surface area contributed by atoms with Crippen LogP contribution in [0, 0.1) is 0 Å². The van der Waals surface area contributed by atoms with Gasteiger partial charge in [0.15, 0.2) is 0 Å². The van der Waals surface area contributed by atoms with Crippen molar-refractivity contribution in [2.45, 2.75) is 90.9 Å². The van der Waals surface area contributed by atoms with Crippen molar-refractivity contribution in [1.29, 1.82) is 0 Å². The number of benzene rings is 1. The van der Waals surface area contributed by atoms with Crippen molar-refractivity contribution >= 4 is 11.9 Å². The Morgan fingerprint density at radius 1 is 0.615 bits per heavy atom. The van der Waals surface area contributed by atoms with Gasteiger partial charge in [-0.25, -0.2) is 0 Å². The first-order chi connectivity index (χ1) is 12.7. The van der Waals surface area contributed by atoms with Crippen LogP contribution in [0.5, 0.6) is 11.5 Å². The van der Waals surface area contributed by atoms with Crippen LogP contribution in [0.25, 0.3) is 0 Å². The van der Waals surface area contributed by atoms with Crippen LogP contribution in [0.15, 0.2) is 24.3 Å². The zero-order valence-electron chi connectivity index (χ0n) is 16.4. The van der Waals surface area contributed by atoms with E-state index in [-0.39, 0.29) is 11.9 Å². The molecular weight excluding hydrogens is 328 g/mol. The van der Waals surface area contributed by atoms with Gasteiger partial charge in [0, 0.05) is 12.8 Å². The molecule has 0 spiro atoms. The van der Waals surface area contributed by atoms with E-state index in [4.69, 9.17) is 9.47 Å². The first kappa shape index (κ1) is 22.2. The molecule has 1 rings (SSSR count). The molecule has 0 bridgehead atoms. The molecule has 0 N–H and O–H groups in total. The number of unbranched alkanes of at least 4 members (excludes halogenated alkanes) is 8. The molecule has 0 fully saturated rings. The predicted molar refractivity (Wildman–Crippen MR) is 104 cm³/mol. The minimum Gasteiger partial charge on any atom is -0.427 e. The monoisotopic (exact) mass is 362 g/mol. The van der Waals surface area contributed by atoms with Crippen molar-refractivity contribution in [1.82, 2.24) is 0 Å². The molecule has 0 aliphatic heterocycles. The molecule has 0 aliphatic rings. The van der Waals surface area contributed by atoms with Gasteiger partial charge in [-0.2, -0.15) is 0 Å². The van der Waals surface area contributed by atoms with E-state index in [1.807, 2.05) is 0 Å². The Kier molecular flexibility index (Phi) is 12.2. The molecule has 26 heavy (non-hydrogen) atoms. The fraction of sp³-hybridized carbons (Fsp3) is 0.636. The number of rotatable bonds is 14. The lowest BCUT2D eigenvalue weighted by Gasteiger charge is -2.07. The number of hydrogen-bond donors (Lipinski definition) is 0. The zero-order valence-corrected chi connectivity index (χ0v) is 16.4. The summed E-state index contributed by atoms with van der Waals surface area (Å²) in [7, 11) is 0. The summed E-state index contributed by atoms with van der Waals surface area (Å²) in [6, 6.07) is 6.66. The van der Waals surface area contributed by atoms with Crippen LogP contribution in [0.2, 0.25) is 0 Å². The third-order valence-corrected chi connectivity index (χ3v) is 4.26. The lowest BCUT2D eigenvalue weighted by Crippen LogP contribution is -2.09. The maximum Gasteiger partial charge on any atom is 0.311 e. The largest absolute Gasteiger partial charge is 0.427 e. The third-order valence-electron chi connectivity index (χ3n) is 4.26. The van der Waals surface area contributed by atoms with Gasteiger partial charge >= 0.3 is 11.9 Å². The average Bonchev–Trinajstić information content (AvgIpc) is 2.63. The molecule has 4 heteroatoms. The van der Waals surface area contributed by atoms with Gasteiger partial charge in [0.25, 0.3) is 0 Å². The SMILES string of the molecule is CCCCCCCC(=O)Oc1ccc(OC(=O)CCCCCCC)cc1. The van der Waals surface area contributed by atoms with Gasteiger partial charge < -0.3 is 9.47 Å². The van der Waals surface area contributed by atoms with Gasteiger partial charge in [-0.3, -0.25) is 9.59 Å². The van der Waals surface area contributed by atoms with Crippen molar-refractivity contribution in [3.05, 3.63) is 24.3 Å². The van der Waals surface area contributed by atoms with E-state index in [0.717, 1.165) is 25.7 Å². The van der Waals surface area contributed by atoms with Crippen LogP contribution in [-0.2, 0) is 9.59 Å². The molecule has 0 saturated heterocycles. The van der Waals surface area contributed by atoms with Crippen molar-refractivity contribution in [2.75, 3.05) is 0 Å². The highest BCUT2D eigenvalue weighted by Crippen LogP contribution is 2.19. The molecule has 0 aromatic heterocycles. The second-order valence-electron chi connectivity index (χ2n) is 6.75. The Hall–Kier alpha value is -1.84. The second-order valence-corrected chi connectivity index (χ2v) is 6.75. The summed E-state index contributed by atoms with van der Waals surface area (Å²) in [5.41, 5.74) is 0. The molecular formula is C22H34O4. The van der Waals surface area contributed by atoms with Crippen LogP contribution in [0.3, 0.4) is 0 Å². The maximum atomic E-state index is 11.8. The normalized spacial score (nSPS) is 10.5. The van der Waals surface area contributed by atoms with E-state index in [2.05, 4.69) is 13.8 Å². The molecule has 0 atom stereocenters. The minimum atomic E-state index is -0.210. The van der Waals surface area contributed by atoms with Gasteiger partial charge in [0.05, 0.1) is 0 Å². The summed E-state index contributed by atoms with van der Waals surface area (Å²) < 4.78 is 10.6. The molecule has 0 saturated carbocycles. The van der Waals surface area contributed by atoms with E-state index in [1.54, 1.807) is 24.3 Å². The van der Waals surface area contributed by atoms with Crippen LogP contribution in [-0.4, -0.2) is 11.9 Å². The molecule has 1 aromatic rings. The number of carbonyl (C=O) groups excluding carboxylic acids is 2. The van der Waals surface area contributed by atoms with Crippen LogP contribution in [0.1, 0.15) is 90.9 Å². The first-order valence-electron chi connectivity index (χ1n) is 10.2. The van der Waals surface area contributed by atoms with E-state index < -0.39 is 0 Å². The molecule has 0 amide bonds. The Bertz CT molecular complexity index is 460. The fourth-order valence-corrected chi connectivity index (χ4v) is 2.69. The Morgan fingerprint density at radius 2 is 0.962 bits per heavy atom. The molecule has 0 radical (unpaired) electrons. The van der Waals surface area contributed by atoms with E-state index in [9.17, 15) is 9.59 Å². The molecule has 1 aromatic carbocycles. The van der Waals surface area contributed by atoms with Gasteiger partial charge in [-0.15, -0.1) is 0 Å². The summed E-state index contributed by atoms with van der Waals surface area (Å²) in [6.07, 6.45) is 11.9. The number of esters is 2. The summed E-state index contributed by atoms with van der Waals surface area (Å²) in [6.45, 7) is 4.34.